The quantitative estimate of drug-likeness (QED) is 0.848. The fraction of sp³-hybridized carbons (Fsp3) is 0.231. The average molecular weight is 228 g/mol. The Kier molecular flexibility index (Phi) is 3.23. The van der Waals surface area contributed by atoms with Crippen LogP contribution in [0.25, 0.3) is 0 Å². The number of aromatic nitrogens is 2. The highest BCUT2D eigenvalue weighted by molar-refractivity contribution is 5.57. The summed E-state index contributed by atoms with van der Waals surface area (Å²) in [5.74, 6) is 1.42. The zero-order valence-electron chi connectivity index (χ0n) is 10.3. The molecule has 1 heterocycles. The normalized spacial score (nSPS) is 10.1. The highest BCUT2D eigenvalue weighted by Gasteiger charge is 2.00. The summed E-state index contributed by atoms with van der Waals surface area (Å²) < 4.78 is 0. The van der Waals surface area contributed by atoms with E-state index in [0.717, 1.165) is 17.2 Å². The van der Waals surface area contributed by atoms with Crippen LogP contribution in [0.4, 0.5) is 17.5 Å². The summed E-state index contributed by atoms with van der Waals surface area (Å²) in [5.41, 5.74) is 3.19. The lowest BCUT2D eigenvalue weighted by Gasteiger charge is -2.08. The number of hydrogen-bond donors (Lipinski definition) is 2. The molecular formula is C13H16N4. The summed E-state index contributed by atoms with van der Waals surface area (Å²) in [7, 11) is 1.81. The standard InChI is InChI=1S/C13H16N4/c1-9-4-6-11(7-5-9)16-12-8-10(2)15-13(14-3)17-12/h4-8H,1-3H3,(H2,14,15,16,17). The Morgan fingerprint density at radius 3 is 2.35 bits per heavy atom. The van der Waals surface area contributed by atoms with Crippen molar-refractivity contribution in [2.24, 2.45) is 0 Å². The van der Waals surface area contributed by atoms with Crippen molar-refractivity contribution in [3.8, 4) is 0 Å². The highest BCUT2D eigenvalue weighted by atomic mass is 15.1. The molecule has 0 aliphatic heterocycles. The number of anilines is 3. The van der Waals surface area contributed by atoms with Gasteiger partial charge in [-0.05, 0) is 26.0 Å². The Balaban J connectivity index is 2.23. The van der Waals surface area contributed by atoms with Crippen LogP contribution in [-0.2, 0) is 0 Å². The fourth-order valence-electron chi connectivity index (χ4n) is 1.53. The molecule has 17 heavy (non-hydrogen) atoms. The largest absolute Gasteiger partial charge is 0.357 e. The van der Waals surface area contributed by atoms with Crippen molar-refractivity contribution in [3.63, 3.8) is 0 Å². The van der Waals surface area contributed by atoms with Crippen LogP contribution in [-0.4, -0.2) is 17.0 Å². The van der Waals surface area contributed by atoms with Crippen LogP contribution in [0.5, 0.6) is 0 Å². The number of nitrogens with one attached hydrogen (secondary N) is 2. The first-order valence-corrected chi connectivity index (χ1v) is 5.54. The van der Waals surface area contributed by atoms with Gasteiger partial charge in [-0.15, -0.1) is 0 Å². The summed E-state index contributed by atoms with van der Waals surface area (Å²) in [6, 6.07) is 10.1. The molecule has 0 aliphatic carbocycles. The third kappa shape index (κ3) is 2.93. The number of aryl methyl sites for hydroxylation is 2. The molecule has 0 fully saturated rings. The summed E-state index contributed by atoms with van der Waals surface area (Å²) in [6.45, 7) is 4.01. The van der Waals surface area contributed by atoms with E-state index in [0.29, 0.717) is 5.95 Å². The lowest BCUT2D eigenvalue weighted by Crippen LogP contribution is -2.01. The van der Waals surface area contributed by atoms with Gasteiger partial charge in [0.05, 0.1) is 0 Å². The van der Waals surface area contributed by atoms with Gasteiger partial charge < -0.3 is 10.6 Å². The second kappa shape index (κ2) is 4.82. The van der Waals surface area contributed by atoms with Gasteiger partial charge in [0.15, 0.2) is 0 Å². The SMILES string of the molecule is CNc1nc(C)cc(Nc2ccc(C)cc2)n1. The number of rotatable bonds is 3. The molecule has 0 unspecified atom stereocenters. The average Bonchev–Trinajstić information content (AvgIpc) is 2.31. The van der Waals surface area contributed by atoms with Gasteiger partial charge in [-0.2, -0.15) is 4.98 Å². The van der Waals surface area contributed by atoms with E-state index >= 15 is 0 Å². The zero-order valence-corrected chi connectivity index (χ0v) is 10.3. The van der Waals surface area contributed by atoms with E-state index in [4.69, 9.17) is 0 Å². The molecule has 1 aromatic heterocycles. The molecule has 0 spiro atoms. The van der Waals surface area contributed by atoms with Crippen LogP contribution in [0.3, 0.4) is 0 Å². The van der Waals surface area contributed by atoms with Crippen LogP contribution in [0, 0.1) is 13.8 Å². The number of benzene rings is 1. The topological polar surface area (TPSA) is 49.8 Å². The smallest absolute Gasteiger partial charge is 0.224 e. The van der Waals surface area contributed by atoms with E-state index < -0.39 is 0 Å². The first-order chi connectivity index (χ1) is 8.17. The zero-order chi connectivity index (χ0) is 12.3. The molecular weight excluding hydrogens is 212 g/mol. The first-order valence-electron chi connectivity index (χ1n) is 5.54. The monoisotopic (exact) mass is 228 g/mol. The molecule has 4 nitrogen and oxygen atoms in total. The maximum absolute atomic E-state index is 4.34. The van der Waals surface area contributed by atoms with Gasteiger partial charge >= 0.3 is 0 Å². The van der Waals surface area contributed by atoms with Crippen LogP contribution < -0.4 is 10.6 Å². The number of nitrogens with zero attached hydrogens (tertiary/aromatic N) is 2. The van der Waals surface area contributed by atoms with Crippen molar-refractivity contribution >= 4 is 17.5 Å². The van der Waals surface area contributed by atoms with Gasteiger partial charge in [0.2, 0.25) is 5.95 Å². The fourth-order valence-corrected chi connectivity index (χ4v) is 1.53. The molecule has 0 bridgehead atoms. The third-order valence-corrected chi connectivity index (χ3v) is 2.40. The van der Waals surface area contributed by atoms with Gasteiger partial charge in [-0.3, -0.25) is 0 Å². The maximum Gasteiger partial charge on any atom is 0.224 e. The predicted octanol–water partition coefficient (Wildman–Crippen LogP) is 2.88. The van der Waals surface area contributed by atoms with Crippen molar-refractivity contribution in [3.05, 3.63) is 41.6 Å². The van der Waals surface area contributed by atoms with Gasteiger partial charge in [0, 0.05) is 24.5 Å². The van der Waals surface area contributed by atoms with Gasteiger partial charge in [0.25, 0.3) is 0 Å². The van der Waals surface area contributed by atoms with Crippen molar-refractivity contribution < 1.29 is 0 Å². The van der Waals surface area contributed by atoms with E-state index in [1.54, 1.807) is 0 Å². The third-order valence-electron chi connectivity index (χ3n) is 2.40. The molecule has 0 saturated carbocycles. The Bertz CT molecular complexity index is 505. The van der Waals surface area contributed by atoms with E-state index in [9.17, 15) is 0 Å². The highest BCUT2D eigenvalue weighted by Crippen LogP contribution is 2.16. The van der Waals surface area contributed by atoms with E-state index in [1.165, 1.54) is 5.56 Å². The molecule has 2 rings (SSSR count). The molecule has 0 saturated heterocycles. The van der Waals surface area contributed by atoms with Crippen molar-refractivity contribution in [1.82, 2.24) is 9.97 Å². The minimum atomic E-state index is 0.625. The molecule has 1 aromatic carbocycles. The molecule has 2 N–H and O–H groups in total. The summed E-state index contributed by atoms with van der Waals surface area (Å²) in [6.07, 6.45) is 0. The van der Waals surface area contributed by atoms with Crippen LogP contribution in [0.2, 0.25) is 0 Å². The molecule has 2 aromatic rings. The van der Waals surface area contributed by atoms with Crippen molar-refractivity contribution in [1.29, 1.82) is 0 Å². The molecule has 0 aliphatic rings. The van der Waals surface area contributed by atoms with Gasteiger partial charge in [0.1, 0.15) is 5.82 Å². The van der Waals surface area contributed by atoms with Gasteiger partial charge in [-0.25, -0.2) is 4.98 Å². The Labute approximate surface area is 101 Å². The van der Waals surface area contributed by atoms with Gasteiger partial charge in [-0.1, -0.05) is 17.7 Å². The molecule has 88 valence electrons. The lowest BCUT2D eigenvalue weighted by molar-refractivity contribution is 1.10. The Morgan fingerprint density at radius 1 is 1.00 bits per heavy atom. The minimum Gasteiger partial charge on any atom is -0.357 e. The maximum atomic E-state index is 4.34. The summed E-state index contributed by atoms with van der Waals surface area (Å²) in [5, 5.41) is 6.20. The van der Waals surface area contributed by atoms with E-state index in [1.807, 2.05) is 32.2 Å². The van der Waals surface area contributed by atoms with Crippen LogP contribution >= 0.6 is 0 Å². The summed E-state index contributed by atoms with van der Waals surface area (Å²) in [4.78, 5) is 8.58. The summed E-state index contributed by atoms with van der Waals surface area (Å²) >= 11 is 0. The number of hydrogen-bond acceptors (Lipinski definition) is 4. The molecule has 4 heteroatoms. The van der Waals surface area contributed by atoms with Crippen molar-refractivity contribution in [2.75, 3.05) is 17.7 Å². The Hall–Kier alpha value is -2.10. The molecule has 0 radical (unpaired) electrons. The van der Waals surface area contributed by atoms with Crippen LogP contribution in [0.1, 0.15) is 11.3 Å². The lowest BCUT2D eigenvalue weighted by atomic mass is 10.2. The second-order valence-electron chi connectivity index (χ2n) is 3.96. The van der Waals surface area contributed by atoms with Crippen LogP contribution in [0.15, 0.2) is 30.3 Å². The predicted molar refractivity (Wildman–Crippen MR) is 70.8 cm³/mol. The minimum absolute atomic E-state index is 0.625. The first kappa shape index (κ1) is 11.4. The molecule has 0 amide bonds. The second-order valence-corrected chi connectivity index (χ2v) is 3.96. The Morgan fingerprint density at radius 2 is 1.71 bits per heavy atom. The van der Waals surface area contributed by atoms with E-state index in [-0.39, 0.29) is 0 Å². The van der Waals surface area contributed by atoms with E-state index in [2.05, 4.69) is 39.7 Å². The molecule has 0 atom stereocenters. The van der Waals surface area contributed by atoms with Crippen molar-refractivity contribution in [2.45, 2.75) is 13.8 Å².